The minimum atomic E-state index is 0.356. The van der Waals surface area contributed by atoms with Crippen LogP contribution in [0.4, 0.5) is 0 Å². The van der Waals surface area contributed by atoms with Crippen LogP contribution >= 0.6 is 0 Å². The predicted octanol–water partition coefficient (Wildman–Crippen LogP) is 3.66. The highest BCUT2D eigenvalue weighted by Gasteiger charge is 1.88. The average Bonchev–Trinajstić information content (AvgIpc) is 2.34. The van der Waals surface area contributed by atoms with E-state index in [9.17, 15) is 0 Å². The minimum Gasteiger partial charge on any atom is -0.508 e. The van der Waals surface area contributed by atoms with Gasteiger partial charge < -0.3 is 10.2 Å². The number of hydrogen-bond acceptors (Lipinski definition) is 2. The van der Waals surface area contributed by atoms with Crippen LogP contribution in [0.2, 0.25) is 0 Å². The number of rotatable bonds is 1. The summed E-state index contributed by atoms with van der Waals surface area (Å²) in [5.41, 5.74) is 2.10. The molecule has 0 bridgehead atoms. The van der Waals surface area contributed by atoms with Gasteiger partial charge in [0.25, 0.3) is 0 Å². The maximum Gasteiger partial charge on any atom is 0.118 e. The second-order valence-corrected chi connectivity index (χ2v) is 3.81. The molecule has 0 aliphatic rings. The summed E-state index contributed by atoms with van der Waals surface area (Å²) in [6.07, 6.45) is 0.981. The van der Waals surface area contributed by atoms with Crippen LogP contribution in [0.15, 0.2) is 48.5 Å². The molecule has 2 N–H and O–H groups in total. The summed E-state index contributed by atoms with van der Waals surface area (Å²) in [7, 11) is 0. The third kappa shape index (κ3) is 4.60. The second-order valence-electron chi connectivity index (χ2n) is 3.81. The molecular formula is C15H18O2. The zero-order chi connectivity index (χ0) is 12.7. The monoisotopic (exact) mass is 230 g/mol. The fraction of sp³-hybridized carbons (Fsp3) is 0.200. The highest BCUT2D eigenvalue weighted by atomic mass is 16.3. The molecule has 0 fully saturated rings. The largest absolute Gasteiger partial charge is 0.508 e. The highest BCUT2D eigenvalue weighted by molar-refractivity contribution is 5.29. The summed E-state index contributed by atoms with van der Waals surface area (Å²) in [5, 5.41) is 17.9. The molecule has 2 rings (SSSR count). The van der Waals surface area contributed by atoms with Crippen molar-refractivity contribution >= 4 is 0 Å². The van der Waals surface area contributed by atoms with E-state index < -0.39 is 0 Å². The van der Waals surface area contributed by atoms with E-state index in [0.29, 0.717) is 11.5 Å². The quantitative estimate of drug-likeness (QED) is 0.785. The number of hydrogen-bond donors (Lipinski definition) is 2. The van der Waals surface area contributed by atoms with Gasteiger partial charge in [0.2, 0.25) is 0 Å². The smallest absolute Gasteiger partial charge is 0.118 e. The van der Waals surface area contributed by atoms with Crippen molar-refractivity contribution in [2.24, 2.45) is 0 Å². The van der Waals surface area contributed by atoms with Crippen molar-refractivity contribution in [3.8, 4) is 11.5 Å². The standard InChI is InChI=1S/C8H10O.C7H8O/c1-2-7-4-3-5-8(9)6-7;1-6-4-2-3-5-7(6)8/h3-6,9H,2H2,1H3;2-5,8H,1H3. The number of phenols is 2. The number of aromatic hydroxyl groups is 2. The first kappa shape index (κ1) is 13.1. The molecule has 90 valence electrons. The van der Waals surface area contributed by atoms with Crippen molar-refractivity contribution in [3.63, 3.8) is 0 Å². The van der Waals surface area contributed by atoms with Gasteiger partial charge in [0.05, 0.1) is 0 Å². The van der Waals surface area contributed by atoms with Crippen LogP contribution in [0.3, 0.4) is 0 Å². The molecule has 0 radical (unpaired) electrons. The molecule has 0 aromatic heterocycles. The minimum absolute atomic E-state index is 0.356. The predicted molar refractivity (Wildman–Crippen MR) is 70.3 cm³/mol. The number of phenolic OH excluding ortho intramolecular Hbond substituents is 2. The molecule has 2 aromatic carbocycles. The van der Waals surface area contributed by atoms with Gasteiger partial charge in [-0.2, -0.15) is 0 Å². The molecule has 0 amide bonds. The molecule has 0 spiro atoms. The Balaban J connectivity index is 0.000000171. The van der Waals surface area contributed by atoms with E-state index in [4.69, 9.17) is 10.2 Å². The van der Waals surface area contributed by atoms with E-state index in [2.05, 4.69) is 6.92 Å². The van der Waals surface area contributed by atoms with Gasteiger partial charge in [-0.25, -0.2) is 0 Å². The summed E-state index contributed by atoms with van der Waals surface area (Å²) >= 11 is 0. The van der Waals surface area contributed by atoms with Gasteiger partial charge in [-0.05, 0) is 42.7 Å². The van der Waals surface area contributed by atoms with Crippen LogP contribution in [0.5, 0.6) is 11.5 Å². The van der Waals surface area contributed by atoms with Crippen molar-refractivity contribution in [2.45, 2.75) is 20.3 Å². The lowest BCUT2D eigenvalue weighted by Crippen LogP contribution is -1.75. The van der Waals surface area contributed by atoms with Crippen LogP contribution in [-0.2, 0) is 6.42 Å². The summed E-state index contributed by atoms with van der Waals surface area (Å²) in [5.74, 6) is 0.724. The Labute approximate surface area is 102 Å². The maximum atomic E-state index is 8.94. The van der Waals surface area contributed by atoms with E-state index in [1.54, 1.807) is 18.2 Å². The molecule has 0 saturated heterocycles. The van der Waals surface area contributed by atoms with Gasteiger partial charge in [0.1, 0.15) is 11.5 Å². The number of aryl methyl sites for hydroxylation is 2. The van der Waals surface area contributed by atoms with Crippen LogP contribution < -0.4 is 0 Å². The third-order valence-electron chi connectivity index (χ3n) is 2.43. The summed E-state index contributed by atoms with van der Waals surface area (Å²) < 4.78 is 0. The molecule has 0 aliphatic heterocycles. The van der Waals surface area contributed by atoms with Crippen LogP contribution in [0, 0.1) is 6.92 Å². The van der Waals surface area contributed by atoms with Gasteiger partial charge >= 0.3 is 0 Å². The molecule has 2 aromatic rings. The fourth-order valence-electron chi connectivity index (χ4n) is 1.34. The van der Waals surface area contributed by atoms with Crippen molar-refractivity contribution in [1.29, 1.82) is 0 Å². The lowest BCUT2D eigenvalue weighted by Gasteiger charge is -1.94. The first-order chi connectivity index (χ1) is 8.13. The second kappa shape index (κ2) is 6.59. The Morgan fingerprint density at radius 1 is 0.941 bits per heavy atom. The summed E-state index contributed by atoms with van der Waals surface area (Å²) in [6.45, 7) is 3.93. The summed E-state index contributed by atoms with van der Waals surface area (Å²) in [4.78, 5) is 0. The molecule has 0 atom stereocenters. The number of para-hydroxylation sites is 1. The Hall–Kier alpha value is -1.96. The van der Waals surface area contributed by atoms with E-state index >= 15 is 0 Å². The van der Waals surface area contributed by atoms with Crippen molar-refractivity contribution in [1.82, 2.24) is 0 Å². The van der Waals surface area contributed by atoms with E-state index in [-0.39, 0.29) is 0 Å². The van der Waals surface area contributed by atoms with E-state index in [1.807, 2.05) is 37.3 Å². The Bertz CT molecular complexity index is 443. The van der Waals surface area contributed by atoms with Crippen LogP contribution in [0.1, 0.15) is 18.1 Å². The van der Waals surface area contributed by atoms with Crippen molar-refractivity contribution in [3.05, 3.63) is 59.7 Å². The average molecular weight is 230 g/mol. The fourth-order valence-corrected chi connectivity index (χ4v) is 1.34. The first-order valence-corrected chi connectivity index (χ1v) is 5.66. The molecule has 2 nitrogen and oxygen atoms in total. The normalized spacial score (nSPS) is 9.29. The van der Waals surface area contributed by atoms with Crippen molar-refractivity contribution < 1.29 is 10.2 Å². The van der Waals surface area contributed by atoms with Gasteiger partial charge in [-0.3, -0.25) is 0 Å². The molecule has 2 heteroatoms. The molecule has 0 unspecified atom stereocenters. The lowest BCUT2D eigenvalue weighted by molar-refractivity contribution is 0.471. The van der Waals surface area contributed by atoms with E-state index in [1.165, 1.54) is 5.56 Å². The molecular weight excluding hydrogens is 212 g/mol. The molecule has 0 aliphatic carbocycles. The van der Waals surface area contributed by atoms with Crippen molar-refractivity contribution in [2.75, 3.05) is 0 Å². The van der Waals surface area contributed by atoms with Crippen LogP contribution in [-0.4, -0.2) is 10.2 Å². The molecule has 0 saturated carbocycles. The summed E-state index contributed by atoms with van der Waals surface area (Å²) in [6, 6.07) is 14.6. The number of benzene rings is 2. The SMILES string of the molecule is CCc1cccc(O)c1.Cc1ccccc1O. The Morgan fingerprint density at radius 3 is 2.06 bits per heavy atom. The lowest BCUT2D eigenvalue weighted by atomic mass is 10.2. The Morgan fingerprint density at radius 2 is 1.65 bits per heavy atom. The van der Waals surface area contributed by atoms with E-state index in [0.717, 1.165) is 12.0 Å². The zero-order valence-corrected chi connectivity index (χ0v) is 10.2. The molecule has 0 heterocycles. The third-order valence-corrected chi connectivity index (χ3v) is 2.43. The molecule has 17 heavy (non-hydrogen) atoms. The van der Waals surface area contributed by atoms with Crippen LogP contribution in [0.25, 0.3) is 0 Å². The Kier molecular flexibility index (Phi) is 5.08. The van der Waals surface area contributed by atoms with Gasteiger partial charge in [0, 0.05) is 0 Å². The van der Waals surface area contributed by atoms with Gasteiger partial charge in [-0.1, -0.05) is 37.3 Å². The zero-order valence-electron chi connectivity index (χ0n) is 10.2. The maximum absolute atomic E-state index is 8.94. The van der Waals surface area contributed by atoms with Gasteiger partial charge in [-0.15, -0.1) is 0 Å². The topological polar surface area (TPSA) is 40.5 Å². The first-order valence-electron chi connectivity index (χ1n) is 5.66. The van der Waals surface area contributed by atoms with Gasteiger partial charge in [0.15, 0.2) is 0 Å². The highest BCUT2D eigenvalue weighted by Crippen LogP contribution is 2.12.